The Balaban J connectivity index is 2.31. The molecular weight excluding hydrogens is 340 g/mol. The molecule has 0 heterocycles. The van der Waals surface area contributed by atoms with E-state index in [1.807, 2.05) is 26.0 Å². The number of carbonyl (C=O) groups is 1. The maximum atomic E-state index is 12.4. The van der Waals surface area contributed by atoms with Gasteiger partial charge < -0.3 is 10.1 Å². The third-order valence-electron chi connectivity index (χ3n) is 3.59. The van der Waals surface area contributed by atoms with Crippen LogP contribution in [0.15, 0.2) is 47.4 Å². The third-order valence-corrected chi connectivity index (χ3v) is 5.04. The van der Waals surface area contributed by atoms with Crippen LogP contribution in [0.3, 0.4) is 0 Å². The molecule has 134 valence electrons. The number of carbonyl (C=O) groups excluding carboxylic acids is 1. The zero-order valence-electron chi connectivity index (χ0n) is 14.5. The number of aryl methyl sites for hydroxylation is 1. The summed E-state index contributed by atoms with van der Waals surface area (Å²) in [5.41, 5.74) is 1.82. The second kappa shape index (κ2) is 8.13. The SMILES string of the molecule is CCCNS(=O)(=O)c1ccc(OC)c(NC(=O)c2ccc(C)cc2)c1. The van der Waals surface area contributed by atoms with E-state index in [1.54, 1.807) is 12.1 Å². The molecule has 0 aliphatic carbocycles. The molecule has 7 heteroatoms. The van der Waals surface area contributed by atoms with Crippen molar-refractivity contribution in [1.29, 1.82) is 0 Å². The summed E-state index contributed by atoms with van der Waals surface area (Å²) >= 11 is 0. The highest BCUT2D eigenvalue weighted by molar-refractivity contribution is 7.89. The predicted octanol–water partition coefficient (Wildman–Crippen LogP) is 2.94. The number of hydrogen-bond donors (Lipinski definition) is 2. The van der Waals surface area contributed by atoms with Crippen LogP contribution in [0.25, 0.3) is 0 Å². The molecule has 0 aliphatic rings. The number of sulfonamides is 1. The smallest absolute Gasteiger partial charge is 0.255 e. The van der Waals surface area contributed by atoms with E-state index in [1.165, 1.54) is 25.3 Å². The summed E-state index contributed by atoms with van der Waals surface area (Å²) in [5, 5.41) is 2.71. The third kappa shape index (κ3) is 4.80. The highest BCUT2D eigenvalue weighted by Crippen LogP contribution is 2.28. The van der Waals surface area contributed by atoms with Gasteiger partial charge in [0.25, 0.3) is 5.91 Å². The molecular formula is C18H22N2O4S. The summed E-state index contributed by atoms with van der Waals surface area (Å²) in [7, 11) is -2.17. The monoisotopic (exact) mass is 362 g/mol. The Hall–Kier alpha value is -2.38. The minimum absolute atomic E-state index is 0.0703. The number of amides is 1. The molecule has 0 bridgehead atoms. The molecule has 0 fully saturated rings. The van der Waals surface area contributed by atoms with Gasteiger partial charge >= 0.3 is 0 Å². The largest absolute Gasteiger partial charge is 0.495 e. The first kappa shape index (κ1) is 19.0. The molecule has 0 aromatic heterocycles. The molecule has 0 radical (unpaired) electrons. The van der Waals surface area contributed by atoms with Crippen molar-refractivity contribution in [1.82, 2.24) is 4.72 Å². The van der Waals surface area contributed by atoms with Crippen LogP contribution in [0.5, 0.6) is 5.75 Å². The number of methoxy groups -OCH3 is 1. The Morgan fingerprint density at radius 3 is 2.40 bits per heavy atom. The lowest BCUT2D eigenvalue weighted by molar-refractivity contribution is 0.102. The van der Waals surface area contributed by atoms with E-state index in [-0.39, 0.29) is 10.8 Å². The molecule has 0 saturated carbocycles. The van der Waals surface area contributed by atoms with Crippen molar-refractivity contribution in [3.63, 3.8) is 0 Å². The van der Waals surface area contributed by atoms with Crippen LogP contribution in [0, 0.1) is 6.92 Å². The summed E-state index contributed by atoms with van der Waals surface area (Å²) in [6, 6.07) is 11.4. The molecule has 0 saturated heterocycles. The molecule has 2 rings (SSSR count). The van der Waals surface area contributed by atoms with E-state index in [4.69, 9.17) is 4.74 Å². The van der Waals surface area contributed by atoms with Crippen molar-refractivity contribution in [3.8, 4) is 5.75 Å². The lowest BCUT2D eigenvalue weighted by Crippen LogP contribution is -2.24. The second-order valence-electron chi connectivity index (χ2n) is 5.58. The number of benzene rings is 2. The van der Waals surface area contributed by atoms with E-state index in [0.717, 1.165) is 5.56 Å². The normalized spacial score (nSPS) is 11.2. The lowest BCUT2D eigenvalue weighted by Gasteiger charge is -2.13. The topological polar surface area (TPSA) is 84.5 Å². The summed E-state index contributed by atoms with van der Waals surface area (Å²) in [6.45, 7) is 4.16. The molecule has 0 atom stereocenters. The van der Waals surface area contributed by atoms with Crippen LogP contribution < -0.4 is 14.8 Å². The fraction of sp³-hybridized carbons (Fsp3) is 0.278. The van der Waals surface area contributed by atoms with Gasteiger partial charge in [0.05, 0.1) is 17.7 Å². The standard InChI is InChI=1S/C18H22N2O4S/c1-4-11-19-25(22,23)15-9-10-17(24-3)16(12-15)20-18(21)14-7-5-13(2)6-8-14/h5-10,12,19H,4,11H2,1-3H3,(H,20,21). The van der Waals surface area contributed by atoms with Crippen molar-refractivity contribution in [2.24, 2.45) is 0 Å². The number of rotatable bonds is 7. The van der Waals surface area contributed by atoms with E-state index >= 15 is 0 Å². The maximum Gasteiger partial charge on any atom is 0.255 e. The number of ether oxygens (including phenoxy) is 1. The van der Waals surface area contributed by atoms with E-state index in [0.29, 0.717) is 30.0 Å². The zero-order chi connectivity index (χ0) is 18.4. The number of nitrogens with one attached hydrogen (secondary N) is 2. The molecule has 0 spiro atoms. The Kier molecular flexibility index (Phi) is 6.17. The van der Waals surface area contributed by atoms with Gasteiger partial charge in [-0.1, -0.05) is 24.6 Å². The Bertz CT molecular complexity index is 846. The first-order valence-corrected chi connectivity index (χ1v) is 9.41. The van der Waals surface area contributed by atoms with Gasteiger partial charge in [0, 0.05) is 12.1 Å². The van der Waals surface area contributed by atoms with E-state index < -0.39 is 10.0 Å². The fourth-order valence-corrected chi connectivity index (χ4v) is 3.33. The minimum Gasteiger partial charge on any atom is -0.495 e. The van der Waals surface area contributed by atoms with Crippen molar-refractivity contribution in [2.75, 3.05) is 19.0 Å². The van der Waals surface area contributed by atoms with Crippen molar-refractivity contribution < 1.29 is 17.9 Å². The second-order valence-corrected chi connectivity index (χ2v) is 7.35. The van der Waals surface area contributed by atoms with Crippen LogP contribution in [0.4, 0.5) is 5.69 Å². The van der Waals surface area contributed by atoms with Crippen LogP contribution in [0.1, 0.15) is 29.3 Å². The van der Waals surface area contributed by atoms with Crippen LogP contribution in [0.2, 0.25) is 0 Å². The summed E-state index contributed by atoms with van der Waals surface area (Å²) in [5.74, 6) is 0.0456. The molecule has 2 N–H and O–H groups in total. The quantitative estimate of drug-likeness (QED) is 0.793. The highest BCUT2D eigenvalue weighted by atomic mass is 32.2. The van der Waals surface area contributed by atoms with Gasteiger partial charge in [-0.25, -0.2) is 13.1 Å². The minimum atomic E-state index is -3.63. The molecule has 2 aromatic carbocycles. The van der Waals surface area contributed by atoms with E-state index in [2.05, 4.69) is 10.0 Å². The van der Waals surface area contributed by atoms with Gasteiger partial charge in [-0.05, 0) is 43.7 Å². The number of anilines is 1. The van der Waals surface area contributed by atoms with Gasteiger partial charge in [-0.2, -0.15) is 0 Å². The van der Waals surface area contributed by atoms with Crippen molar-refractivity contribution in [2.45, 2.75) is 25.2 Å². The van der Waals surface area contributed by atoms with Crippen LogP contribution in [-0.4, -0.2) is 28.0 Å². The van der Waals surface area contributed by atoms with Gasteiger partial charge in [0.2, 0.25) is 10.0 Å². The van der Waals surface area contributed by atoms with Crippen molar-refractivity contribution >= 4 is 21.6 Å². The Labute approximate surface area is 148 Å². The fourth-order valence-electron chi connectivity index (χ4n) is 2.17. The lowest BCUT2D eigenvalue weighted by atomic mass is 10.1. The van der Waals surface area contributed by atoms with Gasteiger partial charge in [-0.3, -0.25) is 4.79 Å². The molecule has 6 nitrogen and oxygen atoms in total. The summed E-state index contributed by atoms with van der Waals surface area (Å²) < 4.78 is 32.3. The van der Waals surface area contributed by atoms with Crippen LogP contribution in [-0.2, 0) is 10.0 Å². The number of hydrogen-bond acceptors (Lipinski definition) is 4. The molecule has 0 unspecified atom stereocenters. The van der Waals surface area contributed by atoms with Crippen molar-refractivity contribution in [3.05, 3.63) is 53.6 Å². The van der Waals surface area contributed by atoms with Crippen LogP contribution >= 0.6 is 0 Å². The Morgan fingerprint density at radius 2 is 1.80 bits per heavy atom. The summed E-state index contributed by atoms with van der Waals surface area (Å²) in [4.78, 5) is 12.5. The van der Waals surface area contributed by atoms with Gasteiger partial charge in [-0.15, -0.1) is 0 Å². The molecule has 2 aromatic rings. The average Bonchev–Trinajstić information content (AvgIpc) is 2.60. The molecule has 0 aliphatic heterocycles. The maximum absolute atomic E-state index is 12.4. The summed E-state index contributed by atoms with van der Waals surface area (Å²) in [6.07, 6.45) is 0.687. The molecule has 1 amide bonds. The average molecular weight is 362 g/mol. The highest BCUT2D eigenvalue weighted by Gasteiger charge is 2.17. The van der Waals surface area contributed by atoms with E-state index in [9.17, 15) is 13.2 Å². The van der Waals surface area contributed by atoms with Gasteiger partial charge in [0.1, 0.15) is 5.75 Å². The predicted molar refractivity (Wildman–Crippen MR) is 97.6 cm³/mol. The first-order chi connectivity index (χ1) is 11.9. The Morgan fingerprint density at radius 1 is 1.12 bits per heavy atom. The van der Waals surface area contributed by atoms with Gasteiger partial charge in [0.15, 0.2) is 0 Å². The first-order valence-electron chi connectivity index (χ1n) is 7.93. The zero-order valence-corrected chi connectivity index (χ0v) is 15.3. The molecule has 25 heavy (non-hydrogen) atoms.